The van der Waals surface area contributed by atoms with Gasteiger partial charge in [-0.2, -0.15) is 0 Å². The molecule has 0 radical (unpaired) electrons. The number of benzene rings is 2. The number of carbonyl (C=O) groups is 1. The van der Waals surface area contributed by atoms with Crippen molar-refractivity contribution in [3.05, 3.63) is 54.1 Å². The lowest BCUT2D eigenvalue weighted by molar-refractivity contribution is 0.0706. The molecule has 0 saturated heterocycles. The van der Waals surface area contributed by atoms with Crippen LogP contribution in [0.15, 0.2) is 48.5 Å². The minimum Gasteiger partial charge on any atom is -0.327 e. The molecule has 2 N–H and O–H groups in total. The summed E-state index contributed by atoms with van der Waals surface area (Å²) in [5.74, 6) is 0.309. The fraction of sp³-hybridized carbons (Fsp3) is 0.0667. The van der Waals surface area contributed by atoms with Gasteiger partial charge in [0.25, 0.3) is 5.91 Å². The van der Waals surface area contributed by atoms with Crippen LogP contribution in [-0.4, -0.2) is 20.7 Å². The molecule has 5 nitrogen and oxygen atoms in total. The van der Waals surface area contributed by atoms with Crippen molar-refractivity contribution < 1.29 is 10.0 Å². The molecule has 3 aromatic rings. The van der Waals surface area contributed by atoms with Crippen LogP contribution in [0.1, 0.15) is 10.4 Å². The molecule has 5 heteroatoms. The Hall–Kier alpha value is -2.66. The van der Waals surface area contributed by atoms with Crippen LogP contribution in [0.25, 0.3) is 22.4 Å². The van der Waals surface area contributed by atoms with Gasteiger partial charge in [-0.15, -0.1) is 0 Å². The highest BCUT2D eigenvalue weighted by Crippen LogP contribution is 2.23. The van der Waals surface area contributed by atoms with E-state index in [9.17, 15) is 4.79 Å². The third-order valence-corrected chi connectivity index (χ3v) is 3.29. The van der Waals surface area contributed by atoms with Crippen LogP contribution in [0, 0.1) is 0 Å². The molecule has 0 unspecified atom stereocenters. The van der Waals surface area contributed by atoms with E-state index in [1.54, 1.807) is 17.6 Å². The summed E-state index contributed by atoms with van der Waals surface area (Å²) in [5, 5.41) is 8.60. The summed E-state index contributed by atoms with van der Waals surface area (Å²) in [5.41, 5.74) is 4.91. The molecule has 0 atom stereocenters. The minimum atomic E-state index is -0.526. The third-order valence-electron chi connectivity index (χ3n) is 3.29. The summed E-state index contributed by atoms with van der Waals surface area (Å²) < 4.78 is 2.01. The van der Waals surface area contributed by atoms with E-state index in [4.69, 9.17) is 5.21 Å². The van der Waals surface area contributed by atoms with Crippen LogP contribution in [0.5, 0.6) is 0 Å². The topological polar surface area (TPSA) is 67.2 Å². The maximum atomic E-state index is 11.3. The van der Waals surface area contributed by atoms with Gasteiger partial charge in [0.2, 0.25) is 0 Å². The normalized spacial score (nSPS) is 10.7. The van der Waals surface area contributed by atoms with Crippen molar-refractivity contribution in [3.8, 4) is 11.4 Å². The summed E-state index contributed by atoms with van der Waals surface area (Å²) in [7, 11) is 1.96. The first-order valence-electron chi connectivity index (χ1n) is 6.17. The lowest BCUT2D eigenvalue weighted by atomic mass is 10.1. The average Bonchev–Trinajstić information content (AvgIpc) is 2.84. The van der Waals surface area contributed by atoms with E-state index in [1.807, 2.05) is 48.0 Å². The first kappa shape index (κ1) is 12.4. The first-order valence-corrected chi connectivity index (χ1v) is 6.17. The van der Waals surface area contributed by atoms with Gasteiger partial charge in [0.05, 0.1) is 11.0 Å². The van der Waals surface area contributed by atoms with Gasteiger partial charge in [-0.3, -0.25) is 10.0 Å². The van der Waals surface area contributed by atoms with E-state index in [1.165, 1.54) is 0 Å². The van der Waals surface area contributed by atoms with Crippen molar-refractivity contribution in [1.82, 2.24) is 15.0 Å². The molecule has 3 rings (SSSR count). The predicted molar refractivity (Wildman–Crippen MR) is 75.4 cm³/mol. The quantitative estimate of drug-likeness (QED) is 0.553. The fourth-order valence-electron chi connectivity index (χ4n) is 2.24. The molecule has 20 heavy (non-hydrogen) atoms. The van der Waals surface area contributed by atoms with E-state index in [0.29, 0.717) is 5.56 Å². The van der Waals surface area contributed by atoms with Gasteiger partial charge in [-0.05, 0) is 24.3 Å². The Balaban J connectivity index is 2.07. The summed E-state index contributed by atoms with van der Waals surface area (Å²) in [6, 6.07) is 14.8. The Morgan fingerprint density at radius 3 is 2.50 bits per heavy atom. The van der Waals surface area contributed by atoms with E-state index < -0.39 is 5.91 Å². The molecule has 0 fully saturated rings. The molecule has 0 spiro atoms. The first-order chi connectivity index (χ1) is 9.70. The zero-order chi connectivity index (χ0) is 14.1. The number of para-hydroxylation sites is 2. The molecular formula is C15H13N3O2. The van der Waals surface area contributed by atoms with Crippen molar-refractivity contribution in [1.29, 1.82) is 0 Å². The molecule has 0 bridgehead atoms. The van der Waals surface area contributed by atoms with E-state index in [0.717, 1.165) is 22.4 Å². The average molecular weight is 267 g/mol. The van der Waals surface area contributed by atoms with Gasteiger partial charge in [-0.25, -0.2) is 10.5 Å². The summed E-state index contributed by atoms with van der Waals surface area (Å²) in [4.78, 5) is 15.9. The molecule has 0 saturated carbocycles. The lowest BCUT2D eigenvalue weighted by Gasteiger charge is -2.04. The molecule has 0 aliphatic carbocycles. The van der Waals surface area contributed by atoms with Crippen LogP contribution in [0.4, 0.5) is 0 Å². The van der Waals surface area contributed by atoms with Crippen LogP contribution in [0.2, 0.25) is 0 Å². The molecule has 100 valence electrons. The van der Waals surface area contributed by atoms with Crippen molar-refractivity contribution >= 4 is 16.9 Å². The number of hydroxylamine groups is 1. The van der Waals surface area contributed by atoms with E-state index in [2.05, 4.69) is 4.98 Å². The molecule has 2 aromatic carbocycles. The number of hydrogen-bond acceptors (Lipinski definition) is 3. The number of imidazole rings is 1. The molecule has 1 heterocycles. The number of carbonyl (C=O) groups excluding carboxylic acids is 1. The zero-order valence-electron chi connectivity index (χ0n) is 10.9. The number of aryl methyl sites for hydroxylation is 1. The van der Waals surface area contributed by atoms with Crippen LogP contribution < -0.4 is 5.48 Å². The highest BCUT2D eigenvalue weighted by molar-refractivity contribution is 5.93. The Morgan fingerprint density at radius 1 is 1.15 bits per heavy atom. The van der Waals surface area contributed by atoms with E-state index >= 15 is 0 Å². The summed E-state index contributed by atoms with van der Waals surface area (Å²) in [6.07, 6.45) is 0. The van der Waals surface area contributed by atoms with Gasteiger partial charge in [0, 0.05) is 18.2 Å². The molecular weight excluding hydrogens is 254 g/mol. The van der Waals surface area contributed by atoms with Gasteiger partial charge in [0.1, 0.15) is 5.82 Å². The second kappa shape index (κ2) is 4.79. The molecule has 0 aliphatic rings. The van der Waals surface area contributed by atoms with Gasteiger partial charge < -0.3 is 4.57 Å². The minimum absolute atomic E-state index is 0.398. The van der Waals surface area contributed by atoms with Crippen molar-refractivity contribution in [3.63, 3.8) is 0 Å². The maximum Gasteiger partial charge on any atom is 0.274 e. The number of amides is 1. The zero-order valence-corrected chi connectivity index (χ0v) is 10.9. The molecule has 1 amide bonds. The number of fused-ring (bicyclic) bond motifs is 1. The third kappa shape index (κ3) is 1.94. The number of nitrogens with zero attached hydrogens (tertiary/aromatic N) is 2. The number of aromatic nitrogens is 2. The second-order valence-corrected chi connectivity index (χ2v) is 4.50. The van der Waals surface area contributed by atoms with Gasteiger partial charge in [-0.1, -0.05) is 24.3 Å². The number of nitrogens with one attached hydrogen (secondary N) is 1. The second-order valence-electron chi connectivity index (χ2n) is 4.50. The Labute approximate surface area is 115 Å². The van der Waals surface area contributed by atoms with Crippen molar-refractivity contribution in [2.75, 3.05) is 0 Å². The van der Waals surface area contributed by atoms with Crippen molar-refractivity contribution in [2.24, 2.45) is 7.05 Å². The molecule has 1 aromatic heterocycles. The smallest absolute Gasteiger partial charge is 0.274 e. The highest BCUT2D eigenvalue weighted by Gasteiger charge is 2.10. The van der Waals surface area contributed by atoms with Gasteiger partial charge >= 0.3 is 0 Å². The largest absolute Gasteiger partial charge is 0.327 e. The SMILES string of the molecule is Cn1c(-c2ccc(C(=O)NO)cc2)nc2ccccc21. The Kier molecular flexibility index (Phi) is 2.96. The lowest BCUT2D eigenvalue weighted by Crippen LogP contribution is -2.18. The maximum absolute atomic E-state index is 11.3. The highest BCUT2D eigenvalue weighted by atomic mass is 16.5. The van der Waals surface area contributed by atoms with E-state index in [-0.39, 0.29) is 0 Å². The fourth-order valence-corrected chi connectivity index (χ4v) is 2.24. The number of hydrogen-bond donors (Lipinski definition) is 2. The Bertz CT molecular complexity index is 775. The Morgan fingerprint density at radius 2 is 1.85 bits per heavy atom. The standard InChI is InChI=1S/C15H13N3O2/c1-18-13-5-3-2-4-12(13)16-14(18)10-6-8-11(9-7-10)15(19)17-20/h2-9,20H,1H3,(H,17,19). The summed E-state index contributed by atoms with van der Waals surface area (Å²) >= 11 is 0. The van der Waals surface area contributed by atoms with Crippen LogP contribution in [-0.2, 0) is 7.05 Å². The van der Waals surface area contributed by atoms with Crippen molar-refractivity contribution in [2.45, 2.75) is 0 Å². The van der Waals surface area contributed by atoms with Gasteiger partial charge in [0.15, 0.2) is 0 Å². The number of rotatable bonds is 2. The molecule has 0 aliphatic heterocycles. The summed E-state index contributed by atoms with van der Waals surface area (Å²) in [6.45, 7) is 0. The van der Waals surface area contributed by atoms with Crippen LogP contribution >= 0.6 is 0 Å². The predicted octanol–water partition coefficient (Wildman–Crippen LogP) is 2.36. The van der Waals surface area contributed by atoms with Crippen LogP contribution in [0.3, 0.4) is 0 Å². The monoisotopic (exact) mass is 267 g/mol.